The normalized spacial score (nSPS) is 12.7. The molecule has 200 valence electrons. The highest BCUT2D eigenvalue weighted by Gasteiger charge is 2.33. The summed E-state index contributed by atoms with van der Waals surface area (Å²) in [5.41, 5.74) is 4.05. The van der Waals surface area contributed by atoms with Crippen LogP contribution in [0.25, 0.3) is 43.7 Å². The predicted octanol–water partition coefficient (Wildman–Crippen LogP) is 5.83. The van der Waals surface area contributed by atoms with Crippen LogP contribution in [0.2, 0.25) is 0 Å². The van der Waals surface area contributed by atoms with Gasteiger partial charge in [0.2, 0.25) is 0 Å². The number of thiazole rings is 1. The van der Waals surface area contributed by atoms with E-state index in [9.17, 15) is 18.7 Å². The lowest BCUT2D eigenvalue weighted by Crippen LogP contribution is -2.28. The molecule has 0 bridgehead atoms. The van der Waals surface area contributed by atoms with E-state index in [-0.39, 0.29) is 0 Å². The Morgan fingerprint density at radius 2 is 1.67 bits per heavy atom. The minimum atomic E-state index is -3.40. The third-order valence-corrected chi connectivity index (χ3v) is 10.5. The maximum atomic E-state index is 12.7. The zero-order valence-corrected chi connectivity index (χ0v) is 24.0. The fraction of sp³-hybridized carbons (Fsp3) is 0.233. The number of aromatic nitrogens is 3. The van der Waals surface area contributed by atoms with Crippen molar-refractivity contribution in [3.05, 3.63) is 95.0 Å². The number of rotatable bonds is 6. The summed E-state index contributed by atoms with van der Waals surface area (Å²) < 4.78 is 25.0. The highest BCUT2D eigenvalue weighted by Crippen LogP contribution is 2.42. The molecule has 3 aromatic heterocycles. The summed E-state index contributed by atoms with van der Waals surface area (Å²) in [4.78, 5) is 10.2. The molecule has 7 nitrogen and oxygen atoms in total. The van der Waals surface area contributed by atoms with Gasteiger partial charge in [-0.2, -0.15) is 4.73 Å². The molecular weight excluding hydrogens is 530 g/mol. The van der Waals surface area contributed by atoms with Gasteiger partial charge in [-0.1, -0.05) is 24.3 Å². The summed E-state index contributed by atoms with van der Waals surface area (Å²) in [6, 6.07) is 18.9. The van der Waals surface area contributed by atoms with Gasteiger partial charge in [0.15, 0.2) is 22.2 Å². The topological polar surface area (TPSA) is 107 Å². The van der Waals surface area contributed by atoms with Crippen LogP contribution >= 0.6 is 11.3 Å². The van der Waals surface area contributed by atoms with Gasteiger partial charge in [-0.05, 0) is 74.7 Å². The average molecular weight is 560 g/mol. The zero-order chi connectivity index (χ0) is 28.2. The molecule has 0 aliphatic carbocycles. The average Bonchev–Trinajstić information content (AvgIpc) is 3.34. The molecule has 0 unspecified atom stereocenters. The van der Waals surface area contributed by atoms with Crippen LogP contribution in [-0.2, 0) is 20.2 Å². The van der Waals surface area contributed by atoms with Crippen molar-refractivity contribution in [1.82, 2.24) is 9.97 Å². The molecule has 5 rings (SSSR count). The van der Waals surface area contributed by atoms with Gasteiger partial charge in [-0.25, -0.2) is 13.4 Å². The number of aliphatic hydroxyl groups is 1. The Labute approximate surface area is 232 Å². The third-order valence-electron chi connectivity index (χ3n) is 6.96. The Morgan fingerprint density at radius 3 is 2.36 bits per heavy atom. The second-order valence-electron chi connectivity index (χ2n) is 10.7. The fourth-order valence-electron chi connectivity index (χ4n) is 4.37. The van der Waals surface area contributed by atoms with Crippen LogP contribution in [-0.4, -0.2) is 29.7 Å². The molecule has 0 saturated heterocycles. The lowest BCUT2D eigenvalue weighted by atomic mass is 9.92. The number of hydrogen-bond donors (Lipinski definition) is 1. The minimum absolute atomic E-state index is 0.531. The molecule has 0 amide bonds. The standard InChI is InChI=1S/C30H29N3O4S2/c1-29(2,34)28-32-26(22-12-8-14-33(35)18-22)27(38-28)21-10-6-9-19(15-21)24-17-23(30(3,4)39(5,36)37)16-20-11-7-13-31-25(20)24/h6-18,34H,1-5H3. The third kappa shape index (κ3) is 5.05. The van der Waals surface area contributed by atoms with Gasteiger partial charge in [0.05, 0.1) is 26.4 Å². The van der Waals surface area contributed by atoms with Crippen molar-refractivity contribution in [2.75, 3.05) is 6.26 Å². The van der Waals surface area contributed by atoms with E-state index in [0.717, 1.165) is 37.2 Å². The van der Waals surface area contributed by atoms with Crippen molar-refractivity contribution in [2.24, 2.45) is 0 Å². The van der Waals surface area contributed by atoms with E-state index in [1.807, 2.05) is 54.6 Å². The fourth-order valence-corrected chi connectivity index (χ4v) is 6.00. The van der Waals surface area contributed by atoms with Gasteiger partial charge >= 0.3 is 0 Å². The molecule has 0 saturated carbocycles. The molecule has 0 aliphatic rings. The number of benzene rings is 2. The number of sulfone groups is 1. The summed E-state index contributed by atoms with van der Waals surface area (Å²) in [5, 5.41) is 24.2. The summed E-state index contributed by atoms with van der Waals surface area (Å²) in [6.45, 7) is 6.79. The molecule has 0 fully saturated rings. The lowest BCUT2D eigenvalue weighted by Gasteiger charge is -2.24. The first-order valence-corrected chi connectivity index (χ1v) is 15.1. The first kappa shape index (κ1) is 26.9. The molecule has 0 aliphatic heterocycles. The van der Waals surface area contributed by atoms with E-state index >= 15 is 0 Å². The molecule has 0 atom stereocenters. The maximum Gasteiger partial charge on any atom is 0.189 e. The molecule has 9 heteroatoms. The van der Waals surface area contributed by atoms with Crippen LogP contribution in [0, 0.1) is 5.21 Å². The van der Waals surface area contributed by atoms with Gasteiger partial charge in [-0.15, -0.1) is 11.3 Å². The van der Waals surface area contributed by atoms with Crippen molar-refractivity contribution >= 4 is 32.1 Å². The van der Waals surface area contributed by atoms with Crippen LogP contribution in [0.4, 0.5) is 0 Å². The van der Waals surface area contributed by atoms with Crippen LogP contribution in [0.1, 0.15) is 38.3 Å². The van der Waals surface area contributed by atoms with Crippen molar-refractivity contribution in [2.45, 2.75) is 38.0 Å². The van der Waals surface area contributed by atoms with E-state index in [1.54, 1.807) is 40.0 Å². The van der Waals surface area contributed by atoms with Gasteiger partial charge in [0.25, 0.3) is 0 Å². The lowest BCUT2D eigenvalue weighted by molar-refractivity contribution is -0.604. The van der Waals surface area contributed by atoms with E-state index in [1.165, 1.54) is 30.0 Å². The second kappa shape index (κ2) is 9.51. The van der Waals surface area contributed by atoms with E-state index in [4.69, 9.17) is 4.98 Å². The smallest absolute Gasteiger partial charge is 0.189 e. The molecule has 5 aromatic rings. The van der Waals surface area contributed by atoms with Gasteiger partial charge < -0.3 is 10.3 Å². The van der Waals surface area contributed by atoms with Gasteiger partial charge in [0.1, 0.15) is 10.6 Å². The summed E-state index contributed by atoms with van der Waals surface area (Å²) in [7, 11) is -3.40. The summed E-state index contributed by atoms with van der Waals surface area (Å²) >= 11 is 1.37. The number of pyridine rings is 2. The van der Waals surface area contributed by atoms with Gasteiger partial charge in [0, 0.05) is 29.5 Å². The second-order valence-corrected chi connectivity index (χ2v) is 14.2. The van der Waals surface area contributed by atoms with E-state index < -0.39 is 20.2 Å². The molecule has 0 spiro atoms. The Bertz CT molecular complexity index is 1820. The highest BCUT2D eigenvalue weighted by molar-refractivity contribution is 7.91. The first-order valence-electron chi connectivity index (χ1n) is 12.4. The number of hydrogen-bond acceptors (Lipinski definition) is 7. The molecule has 3 heterocycles. The largest absolute Gasteiger partial charge is 0.619 e. The van der Waals surface area contributed by atoms with Crippen molar-refractivity contribution in [3.8, 4) is 32.8 Å². The predicted molar refractivity (Wildman–Crippen MR) is 156 cm³/mol. The van der Waals surface area contributed by atoms with E-state index in [2.05, 4.69) is 4.98 Å². The molecule has 39 heavy (non-hydrogen) atoms. The number of fused-ring (bicyclic) bond motifs is 1. The van der Waals surface area contributed by atoms with Crippen LogP contribution in [0.5, 0.6) is 0 Å². The Hall–Kier alpha value is -3.66. The molecule has 1 N–H and O–H groups in total. The summed E-state index contributed by atoms with van der Waals surface area (Å²) in [6.07, 6.45) is 5.85. The van der Waals surface area contributed by atoms with Crippen LogP contribution in [0.15, 0.2) is 79.3 Å². The highest BCUT2D eigenvalue weighted by atomic mass is 32.2. The SMILES string of the molecule is CC(C)(O)c1nc(-c2ccc[n+]([O-])c2)c(-c2cccc(-c3cc(C(C)(C)S(C)(=O)=O)cc4cccnc34)c2)s1. The van der Waals surface area contributed by atoms with Crippen LogP contribution in [0.3, 0.4) is 0 Å². The first-order chi connectivity index (χ1) is 18.3. The van der Waals surface area contributed by atoms with E-state index in [0.29, 0.717) is 21.8 Å². The Morgan fingerprint density at radius 1 is 0.949 bits per heavy atom. The van der Waals surface area contributed by atoms with Crippen molar-refractivity contribution in [3.63, 3.8) is 0 Å². The number of nitrogens with zero attached hydrogens (tertiary/aromatic N) is 3. The summed E-state index contributed by atoms with van der Waals surface area (Å²) in [5.74, 6) is 0. The monoisotopic (exact) mass is 559 g/mol. The van der Waals surface area contributed by atoms with Crippen molar-refractivity contribution in [1.29, 1.82) is 0 Å². The Kier molecular flexibility index (Phi) is 6.57. The maximum absolute atomic E-state index is 12.7. The Balaban J connectivity index is 1.74. The minimum Gasteiger partial charge on any atom is -0.619 e. The molecular formula is C30H29N3O4S2. The zero-order valence-electron chi connectivity index (χ0n) is 22.3. The molecule has 0 radical (unpaired) electrons. The van der Waals surface area contributed by atoms with Crippen LogP contribution < -0.4 is 4.73 Å². The quantitative estimate of drug-likeness (QED) is 0.207. The van der Waals surface area contributed by atoms with Gasteiger partial charge in [-0.3, -0.25) is 4.98 Å². The molecule has 2 aromatic carbocycles. The van der Waals surface area contributed by atoms with Crippen molar-refractivity contribution < 1.29 is 18.3 Å².